The second-order valence-electron chi connectivity index (χ2n) is 6.09. The van der Waals surface area contributed by atoms with E-state index in [4.69, 9.17) is 0 Å². The first-order valence-electron chi connectivity index (χ1n) is 8.48. The van der Waals surface area contributed by atoms with Crippen LogP contribution in [0, 0.1) is 11.7 Å². The highest BCUT2D eigenvalue weighted by Gasteiger charge is 2.33. The number of H-pyrrole nitrogens is 1. The summed E-state index contributed by atoms with van der Waals surface area (Å²) in [7, 11) is -3.74. The van der Waals surface area contributed by atoms with Gasteiger partial charge in [-0.15, -0.1) is 0 Å². The molecule has 0 spiro atoms. The number of sulfonamides is 1. The Morgan fingerprint density at radius 2 is 2.15 bits per heavy atom. The van der Waals surface area contributed by atoms with Crippen molar-refractivity contribution in [3.63, 3.8) is 0 Å². The zero-order valence-electron chi connectivity index (χ0n) is 14.5. The number of nitrogens with one attached hydrogen (secondary N) is 2. The van der Waals surface area contributed by atoms with Crippen molar-refractivity contribution in [2.24, 2.45) is 5.92 Å². The quantitative estimate of drug-likeness (QED) is 0.523. The third-order valence-electron chi connectivity index (χ3n) is 4.24. The Morgan fingerprint density at radius 1 is 1.37 bits per heavy atom. The van der Waals surface area contributed by atoms with E-state index in [1.807, 2.05) is 0 Å². The number of hydrogen-bond acceptors (Lipinski definition) is 6. The van der Waals surface area contributed by atoms with Gasteiger partial charge in [0.2, 0.25) is 15.9 Å². The maximum Gasteiger partial charge on any atom is 0.243 e. The molecule has 1 amide bonds. The van der Waals surface area contributed by atoms with E-state index < -0.39 is 21.8 Å². The van der Waals surface area contributed by atoms with E-state index in [1.54, 1.807) is 0 Å². The second-order valence-corrected chi connectivity index (χ2v) is 9.11. The van der Waals surface area contributed by atoms with Crippen molar-refractivity contribution in [3.8, 4) is 0 Å². The summed E-state index contributed by atoms with van der Waals surface area (Å²) >= 11 is 1.44. The fourth-order valence-corrected chi connectivity index (χ4v) is 5.02. The number of piperidine rings is 1. The smallest absolute Gasteiger partial charge is 0.243 e. The van der Waals surface area contributed by atoms with Crippen LogP contribution in [0.15, 0.2) is 40.6 Å². The molecular formula is C16H20FN5O3S2. The van der Waals surface area contributed by atoms with Crippen LogP contribution in [0.25, 0.3) is 0 Å². The van der Waals surface area contributed by atoms with Crippen molar-refractivity contribution in [1.82, 2.24) is 24.8 Å². The molecule has 11 heteroatoms. The van der Waals surface area contributed by atoms with Gasteiger partial charge in [0.05, 0.1) is 10.8 Å². The minimum atomic E-state index is -3.74. The van der Waals surface area contributed by atoms with Gasteiger partial charge in [-0.1, -0.05) is 11.8 Å². The lowest BCUT2D eigenvalue weighted by atomic mass is 9.99. The number of hydrogen-bond donors (Lipinski definition) is 2. The van der Waals surface area contributed by atoms with Crippen molar-refractivity contribution in [2.75, 3.05) is 25.4 Å². The fraction of sp³-hybridized carbons (Fsp3) is 0.438. The van der Waals surface area contributed by atoms with Crippen LogP contribution in [0.3, 0.4) is 0 Å². The Morgan fingerprint density at radius 3 is 2.85 bits per heavy atom. The van der Waals surface area contributed by atoms with Crippen LogP contribution in [0.2, 0.25) is 0 Å². The van der Waals surface area contributed by atoms with Gasteiger partial charge in [-0.05, 0) is 37.1 Å². The van der Waals surface area contributed by atoms with Crippen LogP contribution in [0.5, 0.6) is 0 Å². The molecule has 2 aromatic rings. The minimum absolute atomic E-state index is 0.0356. The van der Waals surface area contributed by atoms with Crippen LogP contribution in [0.4, 0.5) is 4.39 Å². The van der Waals surface area contributed by atoms with Crippen LogP contribution in [-0.4, -0.2) is 59.2 Å². The number of aromatic nitrogens is 3. The van der Waals surface area contributed by atoms with Gasteiger partial charge in [-0.3, -0.25) is 9.89 Å². The third kappa shape index (κ3) is 5.05. The lowest BCUT2D eigenvalue weighted by molar-refractivity contribution is -0.125. The number of carbonyl (C=O) groups excluding carboxylic acids is 1. The molecular weight excluding hydrogens is 393 g/mol. The molecule has 146 valence electrons. The van der Waals surface area contributed by atoms with Gasteiger partial charge >= 0.3 is 0 Å². The summed E-state index contributed by atoms with van der Waals surface area (Å²) in [6, 6.07) is 4.73. The summed E-state index contributed by atoms with van der Waals surface area (Å²) in [5.41, 5.74) is 0. The lowest BCUT2D eigenvalue weighted by Crippen LogP contribution is -2.45. The number of thioether (sulfide) groups is 1. The molecule has 1 aromatic carbocycles. The van der Waals surface area contributed by atoms with Crippen molar-refractivity contribution >= 4 is 27.7 Å². The standard InChI is InChI=1S/C16H20FN5O3S2/c17-13-3-5-14(6-4-13)27(24,25)22-8-1-2-12(10-22)15(23)18-7-9-26-16-19-11-20-21-16/h3-6,11-12H,1-2,7-10H2,(H,18,23)(H,19,20,21)/t12-/m0/s1. The molecule has 1 saturated heterocycles. The molecule has 1 aromatic heterocycles. The summed E-state index contributed by atoms with van der Waals surface area (Å²) in [6.45, 7) is 0.928. The largest absolute Gasteiger partial charge is 0.355 e. The van der Waals surface area contributed by atoms with Crippen molar-refractivity contribution in [1.29, 1.82) is 0 Å². The van der Waals surface area contributed by atoms with Crippen molar-refractivity contribution in [2.45, 2.75) is 22.9 Å². The molecule has 3 rings (SSSR count). The Balaban J connectivity index is 1.53. The molecule has 1 atom stereocenters. The predicted octanol–water partition coefficient (Wildman–Crippen LogP) is 1.25. The SMILES string of the molecule is O=C(NCCSc1ncn[nH]1)[C@H]1CCCN(S(=O)(=O)c2ccc(F)cc2)C1. The van der Waals surface area contributed by atoms with Crippen LogP contribution >= 0.6 is 11.8 Å². The summed E-state index contributed by atoms with van der Waals surface area (Å²) in [4.78, 5) is 16.4. The molecule has 2 N–H and O–H groups in total. The molecule has 27 heavy (non-hydrogen) atoms. The Hall–Kier alpha value is -1.98. The van der Waals surface area contributed by atoms with Crippen LogP contribution < -0.4 is 5.32 Å². The molecule has 0 saturated carbocycles. The first kappa shape index (κ1) is 19.8. The number of halogens is 1. The third-order valence-corrected chi connectivity index (χ3v) is 7.00. The predicted molar refractivity (Wildman–Crippen MR) is 98.0 cm³/mol. The van der Waals surface area contributed by atoms with Crippen molar-refractivity contribution in [3.05, 3.63) is 36.4 Å². The Labute approximate surface area is 161 Å². The van der Waals surface area contributed by atoms with E-state index in [1.165, 1.54) is 34.5 Å². The highest BCUT2D eigenvalue weighted by molar-refractivity contribution is 7.99. The topological polar surface area (TPSA) is 108 Å². The van der Waals surface area contributed by atoms with E-state index in [-0.39, 0.29) is 17.3 Å². The lowest BCUT2D eigenvalue weighted by Gasteiger charge is -2.31. The Bertz CT molecular complexity index is 859. The minimum Gasteiger partial charge on any atom is -0.355 e. The molecule has 1 aliphatic heterocycles. The molecule has 0 aliphatic carbocycles. The number of rotatable bonds is 7. The van der Waals surface area contributed by atoms with E-state index >= 15 is 0 Å². The second kappa shape index (κ2) is 8.81. The van der Waals surface area contributed by atoms with E-state index in [2.05, 4.69) is 20.5 Å². The average Bonchev–Trinajstić information content (AvgIpc) is 3.19. The zero-order valence-corrected chi connectivity index (χ0v) is 16.1. The number of nitrogens with zero attached hydrogens (tertiary/aromatic N) is 3. The molecule has 0 bridgehead atoms. The van der Waals surface area contributed by atoms with E-state index in [9.17, 15) is 17.6 Å². The zero-order chi connectivity index (χ0) is 19.3. The molecule has 8 nitrogen and oxygen atoms in total. The first-order valence-corrected chi connectivity index (χ1v) is 10.9. The summed E-state index contributed by atoms with van der Waals surface area (Å²) in [5, 5.41) is 9.99. The van der Waals surface area contributed by atoms with Gasteiger partial charge in [-0.2, -0.15) is 9.40 Å². The molecule has 2 heterocycles. The average molecular weight is 414 g/mol. The molecule has 1 fully saturated rings. The molecule has 0 unspecified atom stereocenters. The maximum atomic E-state index is 13.1. The number of carbonyl (C=O) groups is 1. The fourth-order valence-electron chi connectivity index (χ4n) is 2.86. The van der Waals surface area contributed by atoms with E-state index in [0.29, 0.717) is 36.8 Å². The van der Waals surface area contributed by atoms with Gasteiger partial charge < -0.3 is 5.32 Å². The van der Waals surface area contributed by atoms with Crippen LogP contribution in [0.1, 0.15) is 12.8 Å². The van der Waals surface area contributed by atoms with E-state index in [0.717, 1.165) is 12.1 Å². The van der Waals surface area contributed by atoms with Gasteiger partial charge in [0, 0.05) is 25.4 Å². The van der Waals surface area contributed by atoms with Gasteiger partial charge in [0.25, 0.3) is 0 Å². The Kier molecular flexibility index (Phi) is 6.45. The summed E-state index contributed by atoms with van der Waals surface area (Å²) in [6.07, 6.45) is 2.65. The summed E-state index contributed by atoms with van der Waals surface area (Å²) in [5.74, 6) is -0.421. The molecule has 1 aliphatic rings. The highest BCUT2D eigenvalue weighted by Crippen LogP contribution is 2.24. The van der Waals surface area contributed by atoms with Crippen LogP contribution in [-0.2, 0) is 14.8 Å². The summed E-state index contributed by atoms with van der Waals surface area (Å²) < 4.78 is 39.8. The van der Waals surface area contributed by atoms with Gasteiger partial charge in [-0.25, -0.2) is 17.8 Å². The first-order chi connectivity index (χ1) is 13.0. The number of benzene rings is 1. The van der Waals surface area contributed by atoms with Crippen molar-refractivity contribution < 1.29 is 17.6 Å². The number of amides is 1. The maximum absolute atomic E-state index is 13.1. The normalized spacial score (nSPS) is 18.3. The molecule has 0 radical (unpaired) electrons. The number of aromatic amines is 1. The van der Waals surface area contributed by atoms with Gasteiger partial charge in [0.1, 0.15) is 12.1 Å². The van der Waals surface area contributed by atoms with Gasteiger partial charge in [0.15, 0.2) is 5.16 Å². The monoisotopic (exact) mass is 413 g/mol. The highest BCUT2D eigenvalue weighted by atomic mass is 32.2.